The fourth-order valence-corrected chi connectivity index (χ4v) is 10.6. The number of hydrogen-bond acceptors (Lipinski definition) is 6. The second-order valence-corrected chi connectivity index (χ2v) is 13.3. The summed E-state index contributed by atoms with van der Waals surface area (Å²) in [6.45, 7) is 7.98. The summed E-state index contributed by atoms with van der Waals surface area (Å²) in [4.78, 5) is 30.5. The molecule has 35 heavy (non-hydrogen) atoms. The minimum atomic E-state index is -0.181. The molecule has 0 saturated heterocycles. The topological polar surface area (TPSA) is 65.0 Å². The molecule has 0 bridgehead atoms. The van der Waals surface area contributed by atoms with Crippen LogP contribution in [-0.4, -0.2) is 35.1 Å². The molecule has 0 spiro atoms. The van der Waals surface area contributed by atoms with Gasteiger partial charge in [-0.25, -0.2) is 0 Å². The minimum Gasteiger partial charge on any atom is -0.462 e. The third kappa shape index (κ3) is 3.60. The van der Waals surface area contributed by atoms with Gasteiger partial charge in [0, 0.05) is 35.8 Å². The first-order valence-corrected chi connectivity index (χ1v) is 14.3. The molecule has 6 rings (SSSR count). The normalized spacial score (nSPS) is 43.4. The molecular weight excluding hydrogens is 458 g/mol. The van der Waals surface area contributed by atoms with Crippen LogP contribution in [0.15, 0.2) is 34.2 Å². The van der Waals surface area contributed by atoms with E-state index in [0.29, 0.717) is 23.7 Å². The fraction of sp³-hybridized carbons (Fsp3) is 0.690. The highest BCUT2D eigenvalue weighted by Crippen LogP contribution is 2.68. The first kappa shape index (κ1) is 23.6. The van der Waals surface area contributed by atoms with Crippen LogP contribution in [0.1, 0.15) is 72.6 Å². The van der Waals surface area contributed by atoms with Crippen LogP contribution in [0.25, 0.3) is 0 Å². The zero-order valence-corrected chi connectivity index (χ0v) is 22.1. The molecule has 1 aliphatic heterocycles. The molecule has 0 aromatic heterocycles. The SMILES string of the molecule is CC(=O)OC1CCC2(C)C3CCC4(C)C(OC(C)=O)CCC4C3CC3=Nc4ccccc4SC1C32. The van der Waals surface area contributed by atoms with Crippen LogP contribution in [-0.2, 0) is 19.1 Å². The molecule has 4 saturated carbocycles. The Morgan fingerprint density at radius 1 is 0.943 bits per heavy atom. The van der Waals surface area contributed by atoms with E-state index in [1.54, 1.807) is 6.92 Å². The van der Waals surface area contributed by atoms with E-state index in [1.807, 2.05) is 11.8 Å². The third-order valence-electron chi connectivity index (χ3n) is 10.4. The Morgan fingerprint density at radius 3 is 2.43 bits per heavy atom. The standard InChI is InChI=1S/C29H37NO4S/c1-16(31)33-23-12-14-29(4)20-11-13-28(3)19(9-10-25(28)34-17(2)32)18(20)15-22-26(29)27(23)35-24-8-6-5-7-21(24)30-22/h5-8,18-20,23,25-27H,9-15H2,1-4H3. The summed E-state index contributed by atoms with van der Waals surface area (Å²) in [6, 6.07) is 8.46. The van der Waals surface area contributed by atoms with Crippen molar-refractivity contribution in [2.75, 3.05) is 0 Å². The van der Waals surface area contributed by atoms with Crippen LogP contribution < -0.4 is 0 Å². The van der Waals surface area contributed by atoms with Gasteiger partial charge in [-0.3, -0.25) is 14.6 Å². The number of thioether (sulfide) groups is 1. The maximum atomic E-state index is 12.0. The molecular formula is C29H37NO4S. The van der Waals surface area contributed by atoms with Crippen molar-refractivity contribution in [2.45, 2.75) is 95.0 Å². The molecule has 0 N–H and O–H groups in total. The first-order chi connectivity index (χ1) is 16.7. The molecule has 0 amide bonds. The number of para-hydroxylation sites is 1. The van der Waals surface area contributed by atoms with Gasteiger partial charge in [0.15, 0.2) is 0 Å². The van der Waals surface area contributed by atoms with Crippen molar-refractivity contribution >= 4 is 35.1 Å². The molecule has 5 nitrogen and oxygen atoms in total. The van der Waals surface area contributed by atoms with Crippen LogP contribution in [0.4, 0.5) is 5.69 Å². The second kappa shape index (κ2) is 8.36. The van der Waals surface area contributed by atoms with Crippen molar-refractivity contribution in [3.63, 3.8) is 0 Å². The molecule has 188 valence electrons. The lowest BCUT2D eigenvalue weighted by atomic mass is 9.44. The number of ether oxygens (including phenoxy) is 2. The van der Waals surface area contributed by atoms with E-state index < -0.39 is 0 Å². The van der Waals surface area contributed by atoms with E-state index in [4.69, 9.17) is 14.5 Å². The van der Waals surface area contributed by atoms with Crippen molar-refractivity contribution < 1.29 is 19.1 Å². The number of aliphatic imine (C=N–C) groups is 1. The van der Waals surface area contributed by atoms with Crippen LogP contribution in [0.3, 0.4) is 0 Å². The lowest BCUT2D eigenvalue weighted by Gasteiger charge is -2.62. The van der Waals surface area contributed by atoms with Crippen molar-refractivity contribution in [1.29, 1.82) is 0 Å². The maximum Gasteiger partial charge on any atom is 0.302 e. The van der Waals surface area contributed by atoms with Crippen molar-refractivity contribution in [3.05, 3.63) is 24.3 Å². The molecule has 1 heterocycles. The molecule has 5 aliphatic rings. The molecule has 9 unspecified atom stereocenters. The number of esters is 2. The van der Waals surface area contributed by atoms with Crippen LogP contribution >= 0.6 is 11.8 Å². The number of carbonyl (C=O) groups is 2. The summed E-state index contributed by atoms with van der Waals surface area (Å²) in [5.41, 5.74) is 2.57. The largest absolute Gasteiger partial charge is 0.462 e. The van der Waals surface area contributed by atoms with Gasteiger partial charge in [-0.15, -0.1) is 11.8 Å². The van der Waals surface area contributed by atoms with Crippen molar-refractivity contribution in [3.8, 4) is 0 Å². The zero-order chi connectivity index (χ0) is 24.5. The number of fused-ring (bicyclic) bond motifs is 5. The highest BCUT2D eigenvalue weighted by atomic mass is 32.2. The van der Waals surface area contributed by atoms with Crippen LogP contribution in [0.2, 0.25) is 0 Å². The highest BCUT2D eigenvalue weighted by molar-refractivity contribution is 8.00. The monoisotopic (exact) mass is 495 g/mol. The highest BCUT2D eigenvalue weighted by Gasteiger charge is 2.64. The van der Waals surface area contributed by atoms with Gasteiger partial charge in [-0.1, -0.05) is 26.0 Å². The van der Waals surface area contributed by atoms with Crippen LogP contribution in [0.5, 0.6) is 0 Å². The zero-order valence-electron chi connectivity index (χ0n) is 21.3. The van der Waals surface area contributed by atoms with E-state index in [1.165, 1.54) is 24.0 Å². The van der Waals surface area contributed by atoms with Crippen molar-refractivity contribution in [1.82, 2.24) is 0 Å². The average molecular weight is 496 g/mol. The van der Waals surface area contributed by atoms with E-state index >= 15 is 0 Å². The summed E-state index contributed by atoms with van der Waals surface area (Å²) in [7, 11) is 0. The summed E-state index contributed by atoms with van der Waals surface area (Å²) in [5, 5.41) is 0.201. The van der Waals surface area contributed by atoms with E-state index in [-0.39, 0.29) is 40.2 Å². The van der Waals surface area contributed by atoms with Gasteiger partial charge in [-0.05, 0) is 80.2 Å². The predicted octanol–water partition coefficient (Wildman–Crippen LogP) is 6.36. The van der Waals surface area contributed by atoms with E-state index in [0.717, 1.165) is 44.2 Å². The van der Waals surface area contributed by atoms with Gasteiger partial charge < -0.3 is 9.47 Å². The Hall–Kier alpha value is -1.82. The van der Waals surface area contributed by atoms with E-state index in [9.17, 15) is 9.59 Å². The Morgan fingerprint density at radius 2 is 1.66 bits per heavy atom. The number of hydrogen-bond donors (Lipinski definition) is 0. The number of nitrogens with zero attached hydrogens (tertiary/aromatic N) is 1. The average Bonchev–Trinajstić information content (AvgIpc) is 3.01. The smallest absolute Gasteiger partial charge is 0.302 e. The molecule has 0 radical (unpaired) electrons. The second-order valence-electron chi connectivity index (χ2n) is 12.1. The lowest BCUT2D eigenvalue weighted by Crippen LogP contribution is -2.61. The fourth-order valence-electron chi connectivity index (χ4n) is 9.00. The summed E-state index contributed by atoms with van der Waals surface area (Å²) >= 11 is 1.88. The molecule has 1 aromatic rings. The quantitative estimate of drug-likeness (QED) is 0.447. The van der Waals surface area contributed by atoms with Gasteiger partial charge in [0.2, 0.25) is 0 Å². The third-order valence-corrected chi connectivity index (χ3v) is 11.8. The number of rotatable bonds is 2. The molecule has 1 aromatic carbocycles. The maximum absolute atomic E-state index is 12.0. The Kier molecular flexibility index (Phi) is 5.63. The number of benzene rings is 1. The lowest BCUT2D eigenvalue weighted by molar-refractivity contribution is -0.159. The van der Waals surface area contributed by atoms with Gasteiger partial charge >= 0.3 is 11.9 Å². The summed E-state index contributed by atoms with van der Waals surface area (Å²) in [6.07, 6.45) is 7.38. The Labute approximate surface area is 212 Å². The Bertz CT molecular complexity index is 1090. The minimum absolute atomic E-state index is 0.0382. The predicted molar refractivity (Wildman–Crippen MR) is 137 cm³/mol. The van der Waals surface area contributed by atoms with Gasteiger partial charge in [0.25, 0.3) is 0 Å². The molecule has 4 aliphatic carbocycles. The summed E-state index contributed by atoms with van der Waals surface area (Å²) in [5.74, 6) is 1.73. The first-order valence-electron chi connectivity index (χ1n) is 13.4. The van der Waals surface area contributed by atoms with Gasteiger partial charge in [-0.2, -0.15) is 0 Å². The number of carbonyl (C=O) groups excluding carboxylic acids is 2. The van der Waals surface area contributed by atoms with Crippen molar-refractivity contribution in [2.24, 2.45) is 39.5 Å². The van der Waals surface area contributed by atoms with E-state index in [2.05, 4.69) is 38.1 Å². The summed E-state index contributed by atoms with van der Waals surface area (Å²) < 4.78 is 11.8. The van der Waals surface area contributed by atoms with Gasteiger partial charge in [0.05, 0.1) is 10.9 Å². The van der Waals surface area contributed by atoms with Gasteiger partial charge in [0.1, 0.15) is 12.2 Å². The Balaban J connectivity index is 1.42. The van der Waals surface area contributed by atoms with Crippen LogP contribution in [0, 0.1) is 34.5 Å². The molecule has 6 heteroatoms. The molecule has 4 fully saturated rings. The molecule has 9 atom stereocenters.